The van der Waals surface area contributed by atoms with E-state index in [9.17, 15) is 9.59 Å². The van der Waals surface area contributed by atoms with Gasteiger partial charge in [0.05, 0.1) is 26.2 Å². The predicted octanol–water partition coefficient (Wildman–Crippen LogP) is 2.59. The molecule has 6 heteroatoms. The highest BCUT2D eigenvalue weighted by Gasteiger charge is 2.24. The number of nitrogens with one attached hydrogen (secondary N) is 2. The van der Waals surface area contributed by atoms with Gasteiger partial charge < -0.3 is 15.1 Å². The quantitative estimate of drug-likeness (QED) is 0.697. The molecule has 0 aromatic heterocycles. The molecule has 0 aliphatic carbocycles. The van der Waals surface area contributed by atoms with Crippen LogP contribution in [0.3, 0.4) is 0 Å². The van der Waals surface area contributed by atoms with Gasteiger partial charge in [-0.3, -0.25) is 9.59 Å². The SMILES string of the molecule is CCc1ccccc1NC(=O)C[NH+]1CCN(C(=O)/C=C/c2ccc(C)c(Cl)c2)CC1. The van der Waals surface area contributed by atoms with Crippen molar-refractivity contribution >= 4 is 35.2 Å². The molecule has 1 aliphatic rings. The lowest BCUT2D eigenvalue weighted by Gasteiger charge is -2.31. The first-order valence-corrected chi connectivity index (χ1v) is 10.8. The van der Waals surface area contributed by atoms with Crippen LogP contribution in [-0.2, 0) is 16.0 Å². The van der Waals surface area contributed by atoms with E-state index in [4.69, 9.17) is 11.6 Å². The Morgan fingerprint density at radius 1 is 1.17 bits per heavy atom. The van der Waals surface area contributed by atoms with Crippen LogP contribution < -0.4 is 10.2 Å². The molecule has 2 N–H and O–H groups in total. The number of halogens is 1. The molecule has 2 amide bonds. The molecule has 1 heterocycles. The van der Waals surface area contributed by atoms with Gasteiger partial charge in [-0.15, -0.1) is 0 Å². The van der Waals surface area contributed by atoms with E-state index in [-0.39, 0.29) is 11.8 Å². The van der Waals surface area contributed by atoms with Crippen molar-refractivity contribution < 1.29 is 14.5 Å². The normalized spacial score (nSPS) is 14.8. The smallest absolute Gasteiger partial charge is 0.279 e. The summed E-state index contributed by atoms with van der Waals surface area (Å²) in [7, 11) is 0. The summed E-state index contributed by atoms with van der Waals surface area (Å²) in [5.41, 5.74) is 3.95. The van der Waals surface area contributed by atoms with Crippen LogP contribution in [0.2, 0.25) is 5.02 Å². The number of anilines is 1. The number of hydrogen-bond acceptors (Lipinski definition) is 2. The third-order valence-electron chi connectivity index (χ3n) is 5.48. The molecule has 3 rings (SSSR count). The standard InChI is InChI=1S/C24H28ClN3O2/c1-3-20-6-4-5-7-22(20)26-23(29)17-27-12-14-28(15-13-27)24(30)11-10-19-9-8-18(2)21(25)16-19/h4-11,16H,3,12-15,17H2,1-2H3,(H,26,29)/p+1/b11-10+. The summed E-state index contributed by atoms with van der Waals surface area (Å²) in [4.78, 5) is 27.9. The monoisotopic (exact) mass is 426 g/mol. The molecule has 0 saturated carbocycles. The largest absolute Gasteiger partial charge is 0.328 e. The number of quaternary nitrogens is 1. The first-order chi connectivity index (χ1) is 14.5. The lowest BCUT2D eigenvalue weighted by atomic mass is 10.1. The van der Waals surface area contributed by atoms with E-state index in [0.717, 1.165) is 41.9 Å². The third-order valence-corrected chi connectivity index (χ3v) is 5.89. The van der Waals surface area contributed by atoms with Gasteiger partial charge in [-0.2, -0.15) is 0 Å². The average molecular weight is 427 g/mol. The topological polar surface area (TPSA) is 53.9 Å². The van der Waals surface area contributed by atoms with Crippen molar-refractivity contribution in [2.24, 2.45) is 0 Å². The zero-order chi connectivity index (χ0) is 21.5. The molecule has 1 aliphatic heterocycles. The number of nitrogens with zero attached hydrogens (tertiary/aromatic N) is 1. The lowest BCUT2D eigenvalue weighted by molar-refractivity contribution is -0.895. The van der Waals surface area contributed by atoms with Crippen LogP contribution in [0.4, 0.5) is 5.69 Å². The van der Waals surface area contributed by atoms with Crippen LogP contribution in [0, 0.1) is 6.92 Å². The molecule has 158 valence electrons. The molecule has 0 radical (unpaired) electrons. The lowest BCUT2D eigenvalue weighted by Crippen LogP contribution is -3.15. The Morgan fingerprint density at radius 2 is 1.90 bits per heavy atom. The van der Waals surface area contributed by atoms with Crippen LogP contribution in [0.5, 0.6) is 0 Å². The molecule has 0 bridgehead atoms. The van der Waals surface area contributed by atoms with Gasteiger partial charge in [-0.05, 0) is 48.2 Å². The first kappa shape index (κ1) is 22.1. The molecule has 5 nitrogen and oxygen atoms in total. The highest BCUT2D eigenvalue weighted by molar-refractivity contribution is 6.31. The fraction of sp³-hybridized carbons (Fsp3) is 0.333. The summed E-state index contributed by atoms with van der Waals surface area (Å²) in [6, 6.07) is 13.6. The fourth-order valence-electron chi connectivity index (χ4n) is 3.58. The number of amides is 2. The minimum Gasteiger partial charge on any atom is -0.328 e. The molecule has 0 spiro atoms. The van der Waals surface area contributed by atoms with E-state index in [1.54, 1.807) is 12.2 Å². The first-order valence-electron chi connectivity index (χ1n) is 10.4. The summed E-state index contributed by atoms with van der Waals surface area (Å²) in [5.74, 6) is 0.00824. The molecule has 1 fully saturated rings. The molecule has 1 saturated heterocycles. The van der Waals surface area contributed by atoms with Crippen molar-refractivity contribution in [3.05, 3.63) is 70.3 Å². The molecule has 2 aromatic carbocycles. The van der Waals surface area contributed by atoms with Gasteiger partial charge in [0.2, 0.25) is 5.91 Å². The second-order valence-corrected chi connectivity index (χ2v) is 8.06. The van der Waals surface area contributed by atoms with Crippen molar-refractivity contribution in [1.29, 1.82) is 0 Å². The van der Waals surface area contributed by atoms with Gasteiger partial charge in [0.1, 0.15) is 0 Å². The van der Waals surface area contributed by atoms with E-state index in [1.807, 2.05) is 54.3 Å². The Hall–Kier alpha value is -2.63. The van der Waals surface area contributed by atoms with Crippen molar-refractivity contribution in [2.45, 2.75) is 20.3 Å². The molecular weight excluding hydrogens is 398 g/mol. The van der Waals surface area contributed by atoms with E-state index in [1.165, 1.54) is 4.90 Å². The number of piperazine rings is 1. The van der Waals surface area contributed by atoms with E-state index in [0.29, 0.717) is 24.7 Å². The molecule has 0 unspecified atom stereocenters. The molecule has 30 heavy (non-hydrogen) atoms. The molecule has 0 atom stereocenters. The second kappa shape index (κ2) is 10.4. The second-order valence-electron chi connectivity index (χ2n) is 7.65. The maximum absolute atomic E-state index is 12.5. The number of carbonyl (C=O) groups is 2. The summed E-state index contributed by atoms with van der Waals surface area (Å²) < 4.78 is 0. The van der Waals surface area contributed by atoms with Crippen molar-refractivity contribution in [3.63, 3.8) is 0 Å². The molecule has 2 aromatic rings. The van der Waals surface area contributed by atoms with Crippen LogP contribution >= 0.6 is 11.6 Å². The zero-order valence-corrected chi connectivity index (χ0v) is 18.3. The van der Waals surface area contributed by atoms with E-state index in [2.05, 4.69) is 12.2 Å². The maximum Gasteiger partial charge on any atom is 0.279 e. The zero-order valence-electron chi connectivity index (χ0n) is 17.6. The van der Waals surface area contributed by atoms with Crippen molar-refractivity contribution in [3.8, 4) is 0 Å². The Balaban J connectivity index is 1.47. The predicted molar refractivity (Wildman–Crippen MR) is 122 cm³/mol. The summed E-state index contributed by atoms with van der Waals surface area (Å²) >= 11 is 6.14. The Labute approximate surface area is 183 Å². The number of rotatable bonds is 6. The number of benzene rings is 2. The highest BCUT2D eigenvalue weighted by atomic mass is 35.5. The van der Waals surface area contributed by atoms with Crippen LogP contribution in [0.1, 0.15) is 23.6 Å². The number of aryl methyl sites for hydroxylation is 2. The minimum absolute atomic E-state index is 0.00734. The highest BCUT2D eigenvalue weighted by Crippen LogP contribution is 2.17. The van der Waals surface area contributed by atoms with Crippen LogP contribution in [0.25, 0.3) is 6.08 Å². The van der Waals surface area contributed by atoms with Crippen molar-refractivity contribution in [1.82, 2.24) is 4.90 Å². The summed E-state index contributed by atoms with van der Waals surface area (Å²) in [6.07, 6.45) is 4.28. The third kappa shape index (κ3) is 5.94. The van der Waals surface area contributed by atoms with Crippen LogP contribution in [-0.4, -0.2) is 49.4 Å². The Morgan fingerprint density at radius 3 is 2.60 bits per heavy atom. The van der Waals surface area contributed by atoms with Gasteiger partial charge >= 0.3 is 0 Å². The Bertz CT molecular complexity index is 934. The number of carbonyl (C=O) groups excluding carboxylic acids is 2. The summed E-state index contributed by atoms with van der Waals surface area (Å²) in [5, 5.41) is 3.72. The number of para-hydroxylation sites is 1. The van der Waals surface area contributed by atoms with E-state index >= 15 is 0 Å². The van der Waals surface area contributed by atoms with Crippen molar-refractivity contribution in [2.75, 3.05) is 38.0 Å². The maximum atomic E-state index is 12.5. The fourth-order valence-corrected chi connectivity index (χ4v) is 3.77. The van der Waals surface area contributed by atoms with E-state index < -0.39 is 0 Å². The molecular formula is C24H29ClN3O2+. The summed E-state index contributed by atoms with van der Waals surface area (Å²) in [6.45, 7) is 7.26. The van der Waals surface area contributed by atoms with Gasteiger partial charge in [0.25, 0.3) is 5.91 Å². The Kier molecular flexibility index (Phi) is 7.66. The van der Waals surface area contributed by atoms with Gasteiger partial charge in [-0.1, -0.05) is 48.9 Å². The minimum atomic E-state index is -0.00734. The van der Waals surface area contributed by atoms with Crippen LogP contribution in [0.15, 0.2) is 48.5 Å². The van der Waals surface area contributed by atoms with Gasteiger partial charge in [0.15, 0.2) is 6.54 Å². The average Bonchev–Trinajstić information content (AvgIpc) is 2.75. The number of hydrogen-bond donors (Lipinski definition) is 2. The van der Waals surface area contributed by atoms with Gasteiger partial charge in [0, 0.05) is 16.8 Å². The van der Waals surface area contributed by atoms with Gasteiger partial charge in [-0.25, -0.2) is 0 Å².